The van der Waals surface area contributed by atoms with Gasteiger partial charge in [0.05, 0.1) is 12.6 Å². The predicted octanol–water partition coefficient (Wildman–Crippen LogP) is 0.352. The van der Waals surface area contributed by atoms with Gasteiger partial charge in [0, 0.05) is 31.8 Å². The van der Waals surface area contributed by atoms with Crippen LogP contribution in [0, 0.1) is 0 Å². The fourth-order valence-corrected chi connectivity index (χ4v) is 3.28. The summed E-state index contributed by atoms with van der Waals surface area (Å²) in [6.45, 7) is 3.15. The molecule has 2 fully saturated rings. The molecule has 2 saturated heterocycles. The number of nitrogens with zero attached hydrogens (tertiary/aromatic N) is 1. The van der Waals surface area contributed by atoms with E-state index in [0.717, 1.165) is 0 Å². The van der Waals surface area contributed by atoms with E-state index in [-0.39, 0.29) is 11.9 Å². The van der Waals surface area contributed by atoms with Crippen molar-refractivity contribution in [1.29, 1.82) is 0 Å². The Kier molecular flexibility index (Phi) is 5.19. The van der Waals surface area contributed by atoms with Crippen LogP contribution in [0.5, 0.6) is 0 Å². The van der Waals surface area contributed by atoms with Crippen LogP contribution < -0.4 is 10.6 Å². The summed E-state index contributed by atoms with van der Waals surface area (Å²) >= 11 is 0. The van der Waals surface area contributed by atoms with E-state index in [1.165, 1.54) is 25.7 Å². The van der Waals surface area contributed by atoms with E-state index in [0.29, 0.717) is 31.3 Å². The second-order valence-electron chi connectivity index (χ2n) is 5.89. The number of hydrogen-bond donors (Lipinski definition) is 2. The second kappa shape index (κ2) is 6.68. The van der Waals surface area contributed by atoms with Crippen LogP contribution in [0.4, 0.5) is 0 Å². The first-order valence-corrected chi connectivity index (χ1v) is 7.36. The smallest absolute Gasteiger partial charge is 0.237 e. The van der Waals surface area contributed by atoms with E-state index >= 15 is 0 Å². The maximum atomic E-state index is 12.1. The third kappa shape index (κ3) is 3.68. The number of carbonyl (C=O) groups excluding carboxylic acids is 1. The Morgan fingerprint density at radius 2 is 2.05 bits per heavy atom. The molecule has 5 nitrogen and oxygen atoms in total. The van der Waals surface area contributed by atoms with Crippen molar-refractivity contribution in [2.45, 2.75) is 56.8 Å². The second-order valence-corrected chi connectivity index (χ2v) is 5.89. The summed E-state index contributed by atoms with van der Waals surface area (Å²) in [4.78, 5) is 14.3. The van der Waals surface area contributed by atoms with Crippen LogP contribution in [0.2, 0.25) is 0 Å². The Bertz CT molecular complexity index is 299. The highest BCUT2D eigenvalue weighted by molar-refractivity contribution is 5.81. The van der Waals surface area contributed by atoms with Crippen molar-refractivity contribution in [3.63, 3.8) is 0 Å². The molecule has 2 heterocycles. The van der Waals surface area contributed by atoms with Crippen LogP contribution in [0.25, 0.3) is 0 Å². The molecular weight excluding hydrogens is 242 g/mol. The zero-order chi connectivity index (χ0) is 13.8. The van der Waals surface area contributed by atoms with E-state index in [2.05, 4.69) is 22.6 Å². The lowest BCUT2D eigenvalue weighted by Crippen LogP contribution is -2.53. The number of rotatable bonds is 6. The Morgan fingerprint density at radius 3 is 2.63 bits per heavy atom. The number of fused-ring (bicyclic) bond motifs is 2. The minimum atomic E-state index is -0.0700. The van der Waals surface area contributed by atoms with Crippen molar-refractivity contribution in [1.82, 2.24) is 15.5 Å². The van der Waals surface area contributed by atoms with Crippen molar-refractivity contribution < 1.29 is 9.53 Å². The molecule has 0 saturated carbocycles. The molecule has 5 heteroatoms. The summed E-state index contributed by atoms with van der Waals surface area (Å²) < 4.78 is 4.95. The van der Waals surface area contributed by atoms with Crippen LogP contribution in [0.1, 0.15) is 32.6 Å². The molecule has 2 bridgehead atoms. The van der Waals surface area contributed by atoms with Gasteiger partial charge < -0.3 is 15.4 Å². The summed E-state index contributed by atoms with van der Waals surface area (Å²) in [5, 5.41) is 6.56. The van der Waals surface area contributed by atoms with Crippen LogP contribution in [0.15, 0.2) is 0 Å². The quantitative estimate of drug-likeness (QED) is 0.683. The number of piperidine rings is 1. The number of amides is 1. The maximum absolute atomic E-state index is 12.1. The summed E-state index contributed by atoms with van der Waals surface area (Å²) in [5.41, 5.74) is 0. The van der Waals surface area contributed by atoms with Gasteiger partial charge in [0.15, 0.2) is 0 Å². The Labute approximate surface area is 116 Å². The van der Waals surface area contributed by atoms with Gasteiger partial charge in [-0.3, -0.25) is 9.69 Å². The third-order valence-electron chi connectivity index (χ3n) is 4.62. The first-order chi connectivity index (χ1) is 9.11. The molecule has 0 aromatic rings. The number of nitrogens with one attached hydrogen (secondary N) is 2. The molecule has 0 aromatic heterocycles. The van der Waals surface area contributed by atoms with E-state index < -0.39 is 0 Å². The molecule has 2 N–H and O–H groups in total. The Morgan fingerprint density at radius 1 is 1.42 bits per heavy atom. The summed E-state index contributed by atoms with van der Waals surface area (Å²) in [7, 11) is 3.72. The SMILES string of the molecule is COCCNC(=O)C(C)N(C)C1CC2CCC(C1)N2. The van der Waals surface area contributed by atoms with Crippen molar-refractivity contribution in [3.8, 4) is 0 Å². The van der Waals surface area contributed by atoms with Gasteiger partial charge in [0.1, 0.15) is 0 Å². The molecule has 19 heavy (non-hydrogen) atoms. The fourth-order valence-electron chi connectivity index (χ4n) is 3.28. The van der Waals surface area contributed by atoms with Crippen molar-refractivity contribution in [2.24, 2.45) is 0 Å². The minimum absolute atomic E-state index is 0.0700. The summed E-state index contributed by atoms with van der Waals surface area (Å²) in [6.07, 6.45) is 4.93. The molecule has 3 unspecified atom stereocenters. The van der Waals surface area contributed by atoms with Gasteiger partial charge in [-0.1, -0.05) is 0 Å². The van der Waals surface area contributed by atoms with Crippen molar-refractivity contribution >= 4 is 5.91 Å². The van der Waals surface area contributed by atoms with Crippen LogP contribution in [-0.4, -0.2) is 62.3 Å². The molecule has 1 amide bonds. The standard InChI is InChI=1S/C14H27N3O2/c1-10(14(18)15-6-7-19-3)17(2)13-8-11-4-5-12(9-13)16-11/h10-13,16H,4-9H2,1-3H3,(H,15,18). The lowest BCUT2D eigenvalue weighted by atomic mass is 9.97. The van der Waals surface area contributed by atoms with Gasteiger partial charge in [-0.15, -0.1) is 0 Å². The first kappa shape index (κ1) is 14.8. The van der Waals surface area contributed by atoms with Gasteiger partial charge in [-0.2, -0.15) is 0 Å². The predicted molar refractivity (Wildman–Crippen MR) is 75.1 cm³/mol. The Balaban J connectivity index is 1.81. The first-order valence-electron chi connectivity index (χ1n) is 7.36. The average molecular weight is 269 g/mol. The molecular formula is C14H27N3O2. The Hall–Kier alpha value is -0.650. The zero-order valence-corrected chi connectivity index (χ0v) is 12.3. The molecule has 0 spiro atoms. The average Bonchev–Trinajstić information content (AvgIpc) is 2.75. The molecule has 2 aliphatic heterocycles. The normalized spacial score (nSPS) is 31.5. The van der Waals surface area contributed by atoms with Crippen LogP contribution in [0.3, 0.4) is 0 Å². The van der Waals surface area contributed by atoms with Gasteiger partial charge >= 0.3 is 0 Å². The lowest BCUT2D eigenvalue weighted by Gasteiger charge is -2.38. The fraction of sp³-hybridized carbons (Fsp3) is 0.929. The molecule has 0 aliphatic carbocycles. The summed E-state index contributed by atoms with van der Waals surface area (Å²) in [6, 6.07) is 1.78. The van der Waals surface area contributed by atoms with Gasteiger partial charge in [0.2, 0.25) is 5.91 Å². The van der Waals surface area contributed by atoms with Crippen molar-refractivity contribution in [2.75, 3.05) is 27.3 Å². The molecule has 2 aliphatic rings. The lowest BCUT2D eigenvalue weighted by molar-refractivity contribution is -0.126. The topological polar surface area (TPSA) is 53.6 Å². The third-order valence-corrected chi connectivity index (χ3v) is 4.62. The highest BCUT2D eigenvalue weighted by Gasteiger charge is 2.37. The van der Waals surface area contributed by atoms with E-state index in [1.807, 2.05) is 6.92 Å². The molecule has 3 atom stereocenters. The number of methoxy groups -OCH3 is 1. The number of carbonyl (C=O) groups is 1. The zero-order valence-electron chi connectivity index (χ0n) is 12.3. The highest BCUT2D eigenvalue weighted by Crippen LogP contribution is 2.29. The largest absolute Gasteiger partial charge is 0.383 e. The van der Waals surface area contributed by atoms with E-state index in [4.69, 9.17) is 4.74 Å². The van der Waals surface area contributed by atoms with Gasteiger partial charge in [0.25, 0.3) is 0 Å². The van der Waals surface area contributed by atoms with E-state index in [9.17, 15) is 4.79 Å². The number of likely N-dealkylation sites (N-methyl/N-ethyl adjacent to an activating group) is 1. The van der Waals surface area contributed by atoms with Crippen LogP contribution >= 0.6 is 0 Å². The minimum Gasteiger partial charge on any atom is -0.383 e. The number of ether oxygens (including phenoxy) is 1. The molecule has 0 aromatic carbocycles. The van der Waals surface area contributed by atoms with E-state index in [1.54, 1.807) is 7.11 Å². The molecule has 110 valence electrons. The molecule has 0 radical (unpaired) electrons. The van der Waals surface area contributed by atoms with Crippen molar-refractivity contribution in [3.05, 3.63) is 0 Å². The molecule has 2 rings (SSSR count). The van der Waals surface area contributed by atoms with Gasteiger partial charge in [-0.05, 0) is 39.7 Å². The number of hydrogen-bond acceptors (Lipinski definition) is 4. The monoisotopic (exact) mass is 269 g/mol. The maximum Gasteiger partial charge on any atom is 0.237 e. The summed E-state index contributed by atoms with van der Waals surface area (Å²) in [5.74, 6) is 0.102. The highest BCUT2D eigenvalue weighted by atomic mass is 16.5. The van der Waals surface area contributed by atoms with Gasteiger partial charge in [-0.25, -0.2) is 0 Å². The van der Waals surface area contributed by atoms with Crippen LogP contribution in [-0.2, 0) is 9.53 Å².